The maximum Gasteiger partial charge on any atom is 0.0576 e. The van der Waals surface area contributed by atoms with E-state index < -0.39 is 0 Å². The Morgan fingerprint density at radius 2 is 1.88 bits per heavy atom. The summed E-state index contributed by atoms with van der Waals surface area (Å²) in [6, 6.07) is 0.726. The van der Waals surface area contributed by atoms with Crippen molar-refractivity contribution in [1.29, 1.82) is 0 Å². The molecular formula is C14H29NO2. The fourth-order valence-corrected chi connectivity index (χ4v) is 2.42. The zero-order valence-corrected chi connectivity index (χ0v) is 11.3. The van der Waals surface area contributed by atoms with Crippen LogP contribution in [0.5, 0.6) is 0 Å². The Morgan fingerprint density at radius 3 is 2.53 bits per heavy atom. The van der Waals surface area contributed by atoms with E-state index in [9.17, 15) is 0 Å². The van der Waals surface area contributed by atoms with Crippen molar-refractivity contribution in [3.63, 3.8) is 0 Å². The SMILES string of the molecule is CCCNC1CCC(OCCCCCO)CC1. The first-order valence-electron chi connectivity index (χ1n) is 7.32. The van der Waals surface area contributed by atoms with Crippen LogP contribution in [0.4, 0.5) is 0 Å². The highest BCUT2D eigenvalue weighted by Gasteiger charge is 2.20. The van der Waals surface area contributed by atoms with Crippen LogP contribution in [0.3, 0.4) is 0 Å². The Hall–Kier alpha value is -0.120. The molecule has 1 fully saturated rings. The lowest BCUT2D eigenvalue weighted by atomic mass is 9.93. The predicted molar refractivity (Wildman–Crippen MR) is 71.2 cm³/mol. The van der Waals surface area contributed by atoms with Crippen molar-refractivity contribution in [3.05, 3.63) is 0 Å². The van der Waals surface area contributed by atoms with Crippen LogP contribution < -0.4 is 5.32 Å². The molecule has 0 spiro atoms. The van der Waals surface area contributed by atoms with Crippen LogP contribution in [0, 0.1) is 0 Å². The van der Waals surface area contributed by atoms with Gasteiger partial charge in [-0.05, 0) is 57.9 Å². The normalized spacial score (nSPS) is 25.1. The van der Waals surface area contributed by atoms with E-state index in [2.05, 4.69) is 12.2 Å². The van der Waals surface area contributed by atoms with Gasteiger partial charge in [-0.25, -0.2) is 0 Å². The lowest BCUT2D eigenvalue weighted by Gasteiger charge is -2.29. The fraction of sp³-hybridized carbons (Fsp3) is 1.00. The van der Waals surface area contributed by atoms with Crippen LogP contribution in [0.2, 0.25) is 0 Å². The van der Waals surface area contributed by atoms with Gasteiger partial charge in [-0.15, -0.1) is 0 Å². The quantitative estimate of drug-likeness (QED) is 0.611. The van der Waals surface area contributed by atoms with Crippen molar-refractivity contribution in [2.75, 3.05) is 19.8 Å². The first-order valence-corrected chi connectivity index (χ1v) is 7.32. The van der Waals surface area contributed by atoms with Gasteiger partial charge in [0.2, 0.25) is 0 Å². The van der Waals surface area contributed by atoms with E-state index in [0.29, 0.717) is 12.7 Å². The minimum absolute atomic E-state index is 0.314. The predicted octanol–water partition coefficient (Wildman–Crippen LogP) is 2.48. The lowest BCUT2D eigenvalue weighted by Crippen LogP contribution is -2.35. The van der Waals surface area contributed by atoms with Crippen molar-refractivity contribution in [2.24, 2.45) is 0 Å². The summed E-state index contributed by atoms with van der Waals surface area (Å²) in [6.07, 6.45) is 9.76. The van der Waals surface area contributed by atoms with Crippen molar-refractivity contribution in [1.82, 2.24) is 5.32 Å². The van der Waals surface area contributed by atoms with Gasteiger partial charge in [0.1, 0.15) is 0 Å². The minimum Gasteiger partial charge on any atom is -0.396 e. The highest BCUT2D eigenvalue weighted by molar-refractivity contribution is 4.77. The number of hydrogen-bond acceptors (Lipinski definition) is 3. The Bertz CT molecular complexity index is 165. The maximum absolute atomic E-state index is 8.67. The standard InChI is InChI=1S/C14H29NO2/c1-2-10-15-13-6-8-14(9-7-13)17-12-5-3-4-11-16/h13-16H,2-12H2,1H3. The smallest absolute Gasteiger partial charge is 0.0576 e. The van der Waals surface area contributed by atoms with E-state index >= 15 is 0 Å². The molecule has 17 heavy (non-hydrogen) atoms. The fourth-order valence-electron chi connectivity index (χ4n) is 2.42. The second-order valence-corrected chi connectivity index (χ2v) is 5.08. The van der Waals surface area contributed by atoms with Crippen LogP contribution in [0.1, 0.15) is 58.3 Å². The van der Waals surface area contributed by atoms with E-state index in [0.717, 1.165) is 38.5 Å². The van der Waals surface area contributed by atoms with E-state index in [-0.39, 0.29) is 0 Å². The van der Waals surface area contributed by atoms with Crippen LogP contribution in [-0.2, 0) is 4.74 Å². The zero-order valence-electron chi connectivity index (χ0n) is 11.3. The van der Waals surface area contributed by atoms with E-state index in [1.807, 2.05) is 0 Å². The number of rotatable bonds is 9. The van der Waals surface area contributed by atoms with Crippen molar-refractivity contribution in [2.45, 2.75) is 70.4 Å². The third-order valence-corrected chi connectivity index (χ3v) is 3.51. The number of nitrogens with one attached hydrogen (secondary N) is 1. The summed E-state index contributed by atoms with van der Waals surface area (Å²) in [5, 5.41) is 12.3. The average molecular weight is 243 g/mol. The molecule has 1 aliphatic rings. The van der Waals surface area contributed by atoms with Gasteiger partial charge in [0.25, 0.3) is 0 Å². The number of hydrogen-bond donors (Lipinski definition) is 2. The number of aliphatic hydroxyl groups is 1. The number of aliphatic hydroxyl groups excluding tert-OH is 1. The van der Waals surface area contributed by atoms with Crippen LogP contribution in [-0.4, -0.2) is 37.0 Å². The average Bonchev–Trinajstić information content (AvgIpc) is 2.37. The molecule has 3 nitrogen and oxygen atoms in total. The maximum atomic E-state index is 8.67. The molecule has 0 unspecified atom stereocenters. The molecule has 0 saturated heterocycles. The van der Waals surface area contributed by atoms with Crippen molar-refractivity contribution >= 4 is 0 Å². The van der Waals surface area contributed by atoms with E-state index in [4.69, 9.17) is 9.84 Å². The first kappa shape index (κ1) is 14.9. The third kappa shape index (κ3) is 7.02. The molecule has 0 aromatic carbocycles. The summed E-state index contributed by atoms with van der Waals surface area (Å²) < 4.78 is 5.87. The summed E-state index contributed by atoms with van der Waals surface area (Å²) in [6.45, 7) is 4.55. The second-order valence-electron chi connectivity index (χ2n) is 5.08. The van der Waals surface area contributed by atoms with Gasteiger partial charge in [-0.3, -0.25) is 0 Å². The molecule has 0 aromatic rings. The molecule has 0 atom stereocenters. The van der Waals surface area contributed by atoms with Gasteiger partial charge in [0.05, 0.1) is 6.10 Å². The topological polar surface area (TPSA) is 41.5 Å². The third-order valence-electron chi connectivity index (χ3n) is 3.51. The molecule has 1 rings (SSSR count). The summed E-state index contributed by atoms with van der Waals surface area (Å²) >= 11 is 0. The summed E-state index contributed by atoms with van der Waals surface area (Å²) in [5.41, 5.74) is 0. The zero-order chi connectivity index (χ0) is 12.3. The molecule has 102 valence electrons. The molecular weight excluding hydrogens is 214 g/mol. The van der Waals surface area contributed by atoms with Gasteiger partial charge in [0.15, 0.2) is 0 Å². The minimum atomic E-state index is 0.314. The molecule has 0 aromatic heterocycles. The summed E-state index contributed by atoms with van der Waals surface area (Å²) in [5.74, 6) is 0. The highest BCUT2D eigenvalue weighted by Crippen LogP contribution is 2.21. The van der Waals surface area contributed by atoms with Gasteiger partial charge < -0.3 is 15.2 Å². The lowest BCUT2D eigenvalue weighted by molar-refractivity contribution is 0.0202. The Balaban J connectivity index is 1.95. The monoisotopic (exact) mass is 243 g/mol. The van der Waals surface area contributed by atoms with Gasteiger partial charge >= 0.3 is 0 Å². The molecule has 0 bridgehead atoms. The van der Waals surface area contributed by atoms with E-state index in [1.54, 1.807) is 0 Å². The molecule has 0 radical (unpaired) electrons. The number of unbranched alkanes of at least 4 members (excludes halogenated alkanes) is 2. The van der Waals surface area contributed by atoms with Crippen LogP contribution in [0.25, 0.3) is 0 Å². The first-order chi connectivity index (χ1) is 8.36. The van der Waals surface area contributed by atoms with Gasteiger partial charge in [-0.1, -0.05) is 6.92 Å². The van der Waals surface area contributed by atoms with Crippen molar-refractivity contribution < 1.29 is 9.84 Å². The molecule has 2 N–H and O–H groups in total. The highest BCUT2D eigenvalue weighted by atomic mass is 16.5. The molecule has 1 aliphatic carbocycles. The van der Waals surface area contributed by atoms with Crippen molar-refractivity contribution in [3.8, 4) is 0 Å². The second kappa shape index (κ2) is 9.86. The molecule has 1 saturated carbocycles. The van der Waals surface area contributed by atoms with Crippen LogP contribution in [0.15, 0.2) is 0 Å². The number of ether oxygens (including phenoxy) is 1. The summed E-state index contributed by atoms with van der Waals surface area (Å²) in [7, 11) is 0. The molecule has 3 heteroatoms. The Morgan fingerprint density at radius 1 is 1.12 bits per heavy atom. The molecule has 0 aliphatic heterocycles. The summed E-state index contributed by atoms with van der Waals surface area (Å²) in [4.78, 5) is 0. The van der Waals surface area contributed by atoms with E-state index in [1.165, 1.54) is 32.1 Å². The van der Waals surface area contributed by atoms with Crippen LogP contribution >= 0.6 is 0 Å². The van der Waals surface area contributed by atoms with Gasteiger partial charge in [-0.2, -0.15) is 0 Å². The molecule has 0 amide bonds. The largest absolute Gasteiger partial charge is 0.396 e. The molecule has 0 heterocycles. The Labute approximate surface area is 106 Å². The Kier molecular flexibility index (Phi) is 8.67. The van der Waals surface area contributed by atoms with Gasteiger partial charge in [0, 0.05) is 19.3 Å².